The Morgan fingerprint density at radius 3 is 1.89 bits per heavy atom. The number of aromatic nitrogens is 4. The van der Waals surface area contributed by atoms with Crippen molar-refractivity contribution in [2.24, 2.45) is 0 Å². The number of furan rings is 1. The van der Waals surface area contributed by atoms with Crippen LogP contribution in [-0.2, 0) is 0 Å². The van der Waals surface area contributed by atoms with Crippen molar-refractivity contribution in [2.45, 2.75) is 0 Å². The van der Waals surface area contributed by atoms with Gasteiger partial charge in [-0.1, -0.05) is 140 Å². The topological polar surface area (TPSA) is 64.7 Å². The maximum absolute atomic E-state index is 6.28. The number of rotatable bonds is 4. The Labute approximate surface area is 303 Å². The molecule has 5 nitrogen and oxygen atoms in total. The summed E-state index contributed by atoms with van der Waals surface area (Å²) >= 11 is 0. The highest BCUT2D eigenvalue weighted by molar-refractivity contribution is 6.22. The van der Waals surface area contributed by atoms with Crippen molar-refractivity contribution >= 4 is 65.2 Å². The highest BCUT2D eigenvalue weighted by atomic mass is 16.3. The third-order valence-corrected chi connectivity index (χ3v) is 10.4. The molecule has 0 spiro atoms. The predicted molar refractivity (Wildman–Crippen MR) is 217 cm³/mol. The Hall–Kier alpha value is -7.24. The van der Waals surface area contributed by atoms with Crippen molar-refractivity contribution in [1.29, 1.82) is 0 Å². The van der Waals surface area contributed by atoms with Crippen molar-refractivity contribution in [2.75, 3.05) is 0 Å². The monoisotopic (exact) mass is 676 g/mol. The first kappa shape index (κ1) is 29.5. The number of hydrogen-bond donors (Lipinski definition) is 0. The summed E-state index contributed by atoms with van der Waals surface area (Å²) < 4.78 is 6.28. The molecule has 0 amide bonds. The molecule has 0 bridgehead atoms. The third kappa shape index (κ3) is 4.64. The molecule has 0 aliphatic carbocycles. The van der Waals surface area contributed by atoms with E-state index in [2.05, 4.69) is 121 Å². The van der Waals surface area contributed by atoms with Gasteiger partial charge in [-0.3, -0.25) is 4.98 Å². The Morgan fingerprint density at radius 2 is 1.00 bits per heavy atom. The van der Waals surface area contributed by atoms with Gasteiger partial charge >= 0.3 is 0 Å². The molecule has 0 unspecified atom stereocenters. The van der Waals surface area contributed by atoms with E-state index >= 15 is 0 Å². The van der Waals surface area contributed by atoms with Gasteiger partial charge in [0.25, 0.3) is 0 Å². The highest BCUT2D eigenvalue weighted by Gasteiger charge is 2.20. The zero-order valence-electron chi connectivity index (χ0n) is 28.4. The zero-order valence-corrected chi connectivity index (χ0v) is 28.4. The van der Waals surface area contributed by atoms with Crippen LogP contribution in [0.25, 0.3) is 110 Å². The molecular formula is C48H28N4O. The van der Waals surface area contributed by atoms with Gasteiger partial charge in [0.1, 0.15) is 11.2 Å². The fourth-order valence-electron chi connectivity index (χ4n) is 7.98. The van der Waals surface area contributed by atoms with E-state index in [1.165, 1.54) is 0 Å². The molecule has 0 aliphatic heterocycles. The second-order valence-electron chi connectivity index (χ2n) is 13.4. The van der Waals surface area contributed by atoms with Gasteiger partial charge in [0, 0.05) is 44.4 Å². The number of nitrogens with zero attached hydrogens (tertiary/aromatic N) is 4. The molecule has 53 heavy (non-hydrogen) atoms. The zero-order chi connectivity index (χ0) is 34.9. The van der Waals surface area contributed by atoms with E-state index in [1.807, 2.05) is 48.7 Å². The lowest BCUT2D eigenvalue weighted by atomic mass is 9.92. The molecule has 0 fully saturated rings. The number of para-hydroxylation sites is 1. The van der Waals surface area contributed by atoms with Crippen molar-refractivity contribution < 1.29 is 4.42 Å². The van der Waals surface area contributed by atoms with Crippen LogP contribution in [0, 0.1) is 0 Å². The van der Waals surface area contributed by atoms with E-state index in [4.69, 9.17) is 24.4 Å². The fraction of sp³-hybridized carbons (Fsp3) is 0. The standard InChI is InChI=1S/C48H28N4O/c1-2-12-30(13-3-1)46-50-47(52-48(51-46)40-28-31-14-4-5-16-32(31)44-37(40)26-25-29-15-11-27-49-45(29)44)38-22-9-18-33-34(19-8-20-35(33)38)36-21-10-24-42-43(36)39-17-6-7-23-41(39)53-42/h1-28H. The Balaban J connectivity index is 1.18. The quantitative estimate of drug-likeness (QED) is 0.174. The lowest BCUT2D eigenvalue weighted by Gasteiger charge is -2.15. The average molecular weight is 677 g/mol. The van der Waals surface area contributed by atoms with Crippen LogP contribution in [0.3, 0.4) is 0 Å². The molecule has 0 radical (unpaired) electrons. The van der Waals surface area contributed by atoms with Gasteiger partial charge in [-0.15, -0.1) is 0 Å². The molecule has 11 aromatic rings. The van der Waals surface area contributed by atoms with Crippen LogP contribution in [0.1, 0.15) is 0 Å². The van der Waals surface area contributed by atoms with Crippen LogP contribution < -0.4 is 0 Å². The van der Waals surface area contributed by atoms with Crippen molar-refractivity contribution in [3.8, 4) is 45.3 Å². The van der Waals surface area contributed by atoms with Gasteiger partial charge in [0.05, 0.1) is 5.52 Å². The number of benzene rings is 8. The van der Waals surface area contributed by atoms with Crippen LogP contribution in [-0.4, -0.2) is 19.9 Å². The van der Waals surface area contributed by atoms with Crippen LogP contribution in [0.2, 0.25) is 0 Å². The van der Waals surface area contributed by atoms with E-state index < -0.39 is 0 Å². The van der Waals surface area contributed by atoms with E-state index in [1.54, 1.807) is 0 Å². The SMILES string of the molecule is c1ccc(-c2nc(-c3cccc4c(-c5cccc6oc7ccccc7c56)cccc34)nc(-c3cc4ccccc4c4c3ccc3cccnc34)n2)cc1. The lowest BCUT2D eigenvalue weighted by Crippen LogP contribution is -2.01. The molecule has 0 N–H and O–H groups in total. The molecule has 0 saturated heterocycles. The normalized spacial score (nSPS) is 11.8. The van der Waals surface area contributed by atoms with E-state index in [9.17, 15) is 0 Å². The molecule has 0 aliphatic rings. The fourth-order valence-corrected chi connectivity index (χ4v) is 7.98. The minimum atomic E-state index is 0.614. The second kappa shape index (κ2) is 11.7. The summed E-state index contributed by atoms with van der Waals surface area (Å²) in [7, 11) is 0. The summed E-state index contributed by atoms with van der Waals surface area (Å²) in [6.45, 7) is 0. The lowest BCUT2D eigenvalue weighted by molar-refractivity contribution is 0.669. The van der Waals surface area contributed by atoms with Crippen molar-refractivity contribution in [1.82, 2.24) is 19.9 Å². The van der Waals surface area contributed by atoms with Gasteiger partial charge in [0.2, 0.25) is 0 Å². The summed E-state index contributed by atoms with van der Waals surface area (Å²) in [5.74, 6) is 1.85. The molecule has 246 valence electrons. The molecule has 8 aromatic carbocycles. The summed E-state index contributed by atoms with van der Waals surface area (Å²) in [6.07, 6.45) is 1.86. The number of pyridine rings is 1. The first-order valence-corrected chi connectivity index (χ1v) is 17.7. The second-order valence-corrected chi connectivity index (χ2v) is 13.4. The summed E-state index contributed by atoms with van der Waals surface area (Å²) in [5.41, 5.74) is 7.76. The van der Waals surface area contributed by atoms with Crippen LogP contribution >= 0.6 is 0 Å². The van der Waals surface area contributed by atoms with Gasteiger partial charge in [-0.05, 0) is 62.3 Å². The maximum atomic E-state index is 6.28. The van der Waals surface area contributed by atoms with Crippen LogP contribution in [0.4, 0.5) is 0 Å². The minimum absolute atomic E-state index is 0.614. The first-order chi connectivity index (χ1) is 26.3. The van der Waals surface area contributed by atoms with E-state index in [-0.39, 0.29) is 0 Å². The third-order valence-electron chi connectivity index (χ3n) is 10.4. The average Bonchev–Trinajstić information content (AvgIpc) is 3.62. The maximum Gasteiger partial charge on any atom is 0.164 e. The summed E-state index contributed by atoms with van der Waals surface area (Å²) in [4.78, 5) is 20.5. The van der Waals surface area contributed by atoms with Gasteiger partial charge in [-0.2, -0.15) is 0 Å². The molecule has 3 aromatic heterocycles. The largest absolute Gasteiger partial charge is 0.456 e. The molecule has 0 saturated carbocycles. The van der Waals surface area contributed by atoms with Crippen molar-refractivity contribution in [3.05, 3.63) is 170 Å². The van der Waals surface area contributed by atoms with Gasteiger partial charge in [-0.25, -0.2) is 15.0 Å². The van der Waals surface area contributed by atoms with E-state index in [0.29, 0.717) is 17.5 Å². The van der Waals surface area contributed by atoms with E-state index in [0.717, 1.165) is 93.0 Å². The van der Waals surface area contributed by atoms with Crippen LogP contribution in [0.15, 0.2) is 174 Å². The number of hydrogen-bond acceptors (Lipinski definition) is 5. The molecule has 11 rings (SSSR count). The number of fused-ring (bicyclic) bond motifs is 9. The highest BCUT2D eigenvalue weighted by Crippen LogP contribution is 2.42. The Morgan fingerprint density at radius 1 is 0.358 bits per heavy atom. The first-order valence-electron chi connectivity index (χ1n) is 17.7. The predicted octanol–water partition coefficient (Wildman–Crippen LogP) is 12.4. The molecule has 5 heteroatoms. The Kier molecular flexibility index (Phi) is 6.48. The van der Waals surface area contributed by atoms with Crippen LogP contribution in [0.5, 0.6) is 0 Å². The molecule has 0 atom stereocenters. The summed E-state index contributed by atoms with van der Waals surface area (Å²) in [5, 5.41) is 9.87. The molecular weight excluding hydrogens is 649 g/mol. The van der Waals surface area contributed by atoms with Crippen molar-refractivity contribution in [3.63, 3.8) is 0 Å². The smallest absolute Gasteiger partial charge is 0.164 e. The van der Waals surface area contributed by atoms with Gasteiger partial charge in [0.15, 0.2) is 17.5 Å². The Bertz CT molecular complexity index is 3220. The molecule has 3 heterocycles. The van der Waals surface area contributed by atoms with Gasteiger partial charge < -0.3 is 4.42 Å². The summed E-state index contributed by atoms with van der Waals surface area (Å²) in [6, 6.07) is 56.7. The minimum Gasteiger partial charge on any atom is -0.456 e.